The second-order valence-corrected chi connectivity index (χ2v) is 4.69. The van der Waals surface area contributed by atoms with E-state index in [1.165, 1.54) is 19.3 Å². The third-order valence-electron chi connectivity index (χ3n) is 3.23. The molecule has 0 aromatic heterocycles. The van der Waals surface area contributed by atoms with Gasteiger partial charge in [-0.05, 0) is 50.8 Å². The number of rotatable bonds is 3. The number of hydrogen-bond donors (Lipinski definition) is 1. The van der Waals surface area contributed by atoms with Gasteiger partial charge in [-0.1, -0.05) is 6.42 Å². The third kappa shape index (κ3) is 2.99. The summed E-state index contributed by atoms with van der Waals surface area (Å²) in [5.74, 6) is 0.682. The van der Waals surface area contributed by atoms with Gasteiger partial charge >= 0.3 is 0 Å². The van der Waals surface area contributed by atoms with E-state index in [1.54, 1.807) is 25.1 Å². The van der Waals surface area contributed by atoms with Crippen molar-refractivity contribution in [1.82, 2.24) is 0 Å². The first-order valence-electron chi connectivity index (χ1n) is 6.24. The zero-order valence-corrected chi connectivity index (χ0v) is 10.2. The van der Waals surface area contributed by atoms with E-state index >= 15 is 0 Å². The highest BCUT2D eigenvalue weighted by Gasteiger charge is 2.17. The van der Waals surface area contributed by atoms with Crippen LogP contribution in [0.1, 0.15) is 49.4 Å². The minimum Gasteiger partial charge on any atom is -0.490 e. The summed E-state index contributed by atoms with van der Waals surface area (Å²) in [6, 6.07) is 5.28. The lowest BCUT2D eigenvalue weighted by Gasteiger charge is -2.24. The first kappa shape index (κ1) is 12.0. The molecule has 0 heterocycles. The van der Waals surface area contributed by atoms with Crippen molar-refractivity contribution in [3.8, 4) is 5.75 Å². The molecule has 1 saturated carbocycles. The lowest BCUT2D eigenvalue weighted by atomic mass is 9.97. The number of carbonyl (C=O) groups excluding carboxylic acids is 1. The van der Waals surface area contributed by atoms with E-state index in [0.29, 0.717) is 17.0 Å². The molecule has 3 heteroatoms. The summed E-state index contributed by atoms with van der Waals surface area (Å²) in [6.07, 6.45) is 6.15. The van der Waals surface area contributed by atoms with Crippen LogP contribution in [0, 0.1) is 0 Å². The minimum absolute atomic E-state index is 0.00288. The Labute approximate surface area is 102 Å². The van der Waals surface area contributed by atoms with Crippen molar-refractivity contribution >= 4 is 11.5 Å². The van der Waals surface area contributed by atoms with E-state index < -0.39 is 0 Å². The number of carbonyl (C=O) groups is 1. The lowest BCUT2D eigenvalue weighted by Crippen LogP contribution is -2.20. The van der Waals surface area contributed by atoms with Crippen molar-refractivity contribution in [1.29, 1.82) is 0 Å². The zero-order valence-electron chi connectivity index (χ0n) is 10.2. The second-order valence-electron chi connectivity index (χ2n) is 4.69. The highest BCUT2D eigenvalue weighted by molar-refractivity contribution is 5.97. The van der Waals surface area contributed by atoms with E-state index in [-0.39, 0.29) is 11.9 Å². The van der Waals surface area contributed by atoms with Crippen LogP contribution in [-0.2, 0) is 0 Å². The molecular weight excluding hydrogens is 214 g/mol. The number of anilines is 1. The van der Waals surface area contributed by atoms with Crippen molar-refractivity contribution < 1.29 is 9.53 Å². The monoisotopic (exact) mass is 233 g/mol. The van der Waals surface area contributed by atoms with Crippen LogP contribution in [0.4, 0.5) is 5.69 Å². The Bertz CT molecular complexity index is 409. The predicted molar refractivity (Wildman–Crippen MR) is 68.4 cm³/mol. The highest BCUT2D eigenvalue weighted by atomic mass is 16.5. The van der Waals surface area contributed by atoms with Crippen molar-refractivity contribution in [2.24, 2.45) is 0 Å². The number of Topliss-reactive ketones (excluding diaryl/α,β-unsaturated/α-hetero) is 1. The van der Waals surface area contributed by atoms with Gasteiger partial charge < -0.3 is 10.5 Å². The van der Waals surface area contributed by atoms with Crippen LogP contribution >= 0.6 is 0 Å². The lowest BCUT2D eigenvalue weighted by molar-refractivity contribution is 0.100. The normalized spacial score (nSPS) is 16.8. The van der Waals surface area contributed by atoms with Gasteiger partial charge in [0.15, 0.2) is 5.78 Å². The molecular formula is C14H19NO2. The summed E-state index contributed by atoms with van der Waals surface area (Å²) in [6.45, 7) is 1.54. The average Bonchev–Trinajstić information content (AvgIpc) is 2.32. The van der Waals surface area contributed by atoms with Gasteiger partial charge in [-0.15, -0.1) is 0 Å². The Balaban J connectivity index is 2.16. The molecule has 0 radical (unpaired) electrons. The summed E-state index contributed by atoms with van der Waals surface area (Å²) in [5.41, 5.74) is 6.89. The van der Waals surface area contributed by atoms with Crippen molar-refractivity contribution in [3.05, 3.63) is 23.8 Å². The van der Waals surface area contributed by atoms with E-state index in [0.717, 1.165) is 12.8 Å². The van der Waals surface area contributed by atoms with Gasteiger partial charge in [-0.3, -0.25) is 4.79 Å². The summed E-state index contributed by atoms with van der Waals surface area (Å²) in [4.78, 5) is 11.5. The van der Waals surface area contributed by atoms with Crippen molar-refractivity contribution in [3.63, 3.8) is 0 Å². The molecule has 1 aliphatic rings. The summed E-state index contributed by atoms with van der Waals surface area (Å²) >= 11 is 0. The first-order valence-corrected chi connectivity index (χ1v) is 6.24. The Morgan fingerprint density at radius 3 is 2.65 bits per heavy atom. The maximum absolute atomic E-state index is 11.5. The largest absolute Gasteiger partial charge is 0.490 e. The van der Waals surface area contributed by atoms with Crippen LogP contribution < -0.4 is 10.5 Å². The van der Waals surface area contributed by atoms with Gasteiger partial charge in [0.2, 0.25) is 0 Å². The van der Waals surface area contributed by atoms with Gasteiger partial charge in [0.25, 0.3) is 0 Å². The molecule has 17 heavy (non-hydrogen) atoms. The summed E-state index contributed by atoms with van der Waals surface area (Å²) in [7, 11) is 0. The fourth-order valence-corrected chi connectivity index (χ4v) is 2.29. The molecule has 0 spiro atoms. The minimum atomic E-state index is 0.00288. The predicted octanol–water partition coefficient (Wildman–Crippen LogP) is 3.18. The Morgan fingerprint density at radius 1 is 1.29 bits per heavy atom. The van der Waals surface area contributed by atoms with Gasteiger partial charge in [0, 0.05) is 5.69 Å². The third-order valence-corrected chi connectivity index (χ3v) is 3.23. The van der Waals surface area contributed by atoms with E-state index in [4.69, 9.17) is 10.5 Å². The van der Waals surface area contributed by atoms with Crippen LogP contribution in [0.15, 0.2) is 18.2 Å². The van der Waals surface area contributed by atoms with E-state index in [2.05, 4.69) is 0 Å². The molecule has 0 saturated heterocycles. The molecule has 1 aliphatic carbocycles. The van der Waals surface area contributed by atoms with Crippen LogP contribution in [-0.4, -0.2) is 11.9 Å². The van der Waals surface area contributed by atoms with Gasteiger partial charge in [-0.2, -0.15) is 0 Å². The van der Waals surface area contributed by atoms with Gasteiger partial charge in [0.1, 0.15) is 5.75 Å². The number of hydrogen-bond acceptors (Lipinski definition) is 3. The fourth-order valence-electron chi connectivity index (χ4n) is 2.29. The first-order chi connectivity index (χ1) is 8.16. The number of nitrogens with two attached hydrogens (primary N) is 1. The standard InChI is InChI=1S/C14H19NO2/c1-10(16)13-9-11(15)7-8-14(13)17-12-5-3-2-4-6-12/h7-9,12H,2-6,15H2,1H3. The summed E-state index contributed by atoms with van der Waals surface area (Å²) in [5, 5.41) is 0. The van der Waals surface area contributed by atoms with Gasteiger partial charge in [-0.25, -0.2) is 0 Å². The number of nitrogen functional groups attached to an aromatic ring is 1. The molecule has 1 fully saturated rings. The van der Waals surface area contributed by atoms with Crippen LogP contribution in [0.3, 0.4) is 0 Å². The van der Waals surface area contributed by atoms with Gasteiger partial charge in [0.05, 0.1) is 11.7 Å². The Kier molecular flexibility index (Phi) is 3.67. The molecule has 0 unspecified atom stereocenters. The van der Waals surface area contributed by atoms with Crippen LogP contribution in [0.25, 0.3) is 0 Å². The quantitative estimate of drug-likeness (QED) is 0.644. The molecule has 0 atom stereocenters. The average molecular weight is 233 g/mol. The molecule has 2 rings (SSSR count). The molecule has 0 aliphatic heterocycles. The molecule has 1 aromatic rings. The molecule has 3 nitrogen and oxygen atoms in total. The maximum Gasteiger partial charge on any atom is 0.163 e. The second kappa shape index (κ2) is 5.21. The fraction of sp³-hybridized carbons (Fsp3) is 0.500. The van der Waals surface area contributed by atoms with Crippen LogP contribution in [0.5, 0.6) is 5.75 Å². The molecule has 0 amide bonds. The molecule has 1 aromatic carbocycles. The summed E-state index contributed by atoms with van der Waals surface area (Å²) < 4.78 is 5.93. The molecule has 2 N–H and O–H groups in total. The number of benzene rings is 1. The molecule has 0 bridgehead atoms. The van der Waals surface area contributed by atoms with Crippen molar-refractivity contribution in [2.75, 3.05) is 5.73 Å². The van der Waals surface area contributed by atoms with E-state index in [1.807, 2.05) is 0 Å². The van der Waals surface area contributed by atoms with Crippen LogP contribution in [0.2, 0.25) is 0 Å². The number of ether oxygens (including phenoxy) is 1. The zero-order chi connectivity index (χ0) is 12.3. The maximum atomic E-state index is 11.5. The SMILES string of the molecule is CC(=O)c1cc(N)ccc1OC1CCCCC1. The Morgan fingerprint density at radius 2 is 2.00 bits per heavy atom. The smallest absolute Gasteiger partial charge is 0.163 e. The number of ketones is 1. The highest BCUT2D eigenvalue weighted by Crippen LogP contribution is 2.27. The molecule has 92 valence electrons. The Hall–Kier alpha value is -1.51. The van der Waals surface area contributed by atoms with Crippen molar-refractivity contribution in [2.45, 2.75) is 45.1 Å². The topological polar surface area (TPSA) is 52.3 Å². The van der Waals surface area contributed by atoms with E-state index in [9.17, 15) is 4.79 Å².